The number of hydrogen-bond acceptors (Lipinski definition) is 3. The molecule has 0 aliphatic carbocycles. The van der Waals surface area contributed by atoms with E-state index in [-0.39, 0.29) is 11.0 Å². The van der Waals surface area contributed by atoms with Crippen molar-refractivity contribution in [2.45, 2.75) is 46.0 Å². The molecule has 2 N–H and O–H groups in total. The Labute approximate surface area is 186 Å². The zero-order valence-corrected chi connectivity index (χ0v) is 19.4. The van der Waals surface area contributed by atoms with Crippen molar-refractivity contribution in [2.24, 2.45) is 0 Å². The molecule has 0 bridgehead atoms. The van der Waals surface area contributed by atoms with Crippen LogP contribution >= 0.6 is 34.8 Å². The van der Waals surface area contributed by atoms with Gasteiger partial charge in [0.25, 0.3) is 5.91 Å². The number of halogens is 1. The van der Waals surface area contributed by atoms with Crippen molar-refractivity contribution < 1.29 is 9.53 Å². The Bertz CT molecular complexity index is 794. The molecule has 0 aliphatic heterocycles. The summed E-state index contributed by atoms with van der Waals surface area (Å²) < 4.78 is 6.80. The zero-order valence-electron chi connectivity index (χ0n) is 16.4. The molecule has 0 radical (unpaired) electrons. The van der Waals surface area contributed by atoms with Crippen LogP contribution in [-0.2, 0) is 0 Å². The second-order valence-electron chi connectivity index (χ2n) is 6.66. The van der Waals surface area contributed by atoms with E-state index in [0.29, 0.717) is 5.56 Å². The molecule has 0 saturated heterocycles. The molecule has 0 heterocycles. The monoisotopic (exact) mass is 510 g/mol. The van der Waals surface area contributed by atoms with Crippen LogP contribution in [0, 0.1) is 10.5 Å². The lowest BCUT2D eigenvalue weighted by Crippen LogP contribution is -2.34. The first-order valence-electron chi connectivity index (χ1n) is 9.61. The molecule has 6 heteroatoms. The summed E-state index contributed by atoms with van der Waals surface area (Å²) in [6.45, 7) is 4.96. The molecule has 0 aromatic heterocycles. The number of hydrogen-bond donors (Lipinski definition) is 2. The van der Waals surface area contributed by atoms with E-state index in [1.165, 1.54) is 25.7 Å². The molecule has 0 aliphatic rings. The molecular formula is C22H27IN2O2S. The predicted octanol–water partition coefficient (Wildman–Crippen LogP) is 6.08. The van der Waals surface area contributed by atoms with Gasteiger partial charge >= 0.3 is 0 Å². The molecule has 4 nitrogen and oxygen atoms in total. The summed E-state index contributed by atoms with van der Waals surface area (Å²) in [5.74, 6) is 0.615. The first-order valence-corrected chi connectivity index (χ1v) is 11.1. The van der Waals surface area contributed by atoms with Crippen molar-refractivity contribution in [3.63, 3.8) is 0 Å². The Morgan fingerprint density at radius 1 is 1.07 bits per heavy atom. The van der Waals surface area contributed by atoms with Gasteiger partial charge in [-0.15, -0.1) is 0 Å². The fourth-order valence-electron chi connectivity index (χ4n) is 2.60. The van der Waals surface area contributed by atoms with Gasteiger partial charge in [-0.1, -0.05) is 38.7 Å². The first-order chi connectivity index (χ1) is 13.5. The van der Waals surface area contributed by atoms with Gasteiger partial charge in [0.05, 0.1) is 6.61 Å². The third kappa shape index (κ3) is 7.75. The van der Waals surface area contributed by atoms with Crippen LogP contribution in [0.25, 0.3) is 0 Å². The maximum atomic E-state index is 12.3. The summed E-state index contributed by atoms with van der Waals surface area (Å²) in [5.41, 5.74) is 2.53. The van der Waals surface area contributed by atoms with Crippen LogP contribution in [0.15, 0.2) is 42.5 Å². The number of nitrogens with one attached hydrogen (secondary N) is 2. The molecule has 2 rings (SSSR count). The third-order valence-electron chi connectivity index (χ3n) is 4.29. The van der Waals surface area contributed by atoms with Crippen molar-refractivity contribution >= 4 is 51.5 Å². The van der Waals surface area contributed by atoms with Gasteiger partial charge in [0.1, 0.15) is 5.75 Å². The van der Waals surface area contributed by atoms with E-state index in [9.17, 15) is 4.79 Å². The molecular weight excluding hydrogens is 483 g/mol. The molecule has 28 heavy (non-hydrogen) atoms. The highest BCUT2D eigenvalue weighted by molar-refractivity contribution is 14.1. The van der Waals surface area contributed by atoms with Gasteiger partial charge < -0.3 is 10.1 Å². The Morgan fingerprint density at radius 2 is 1.79 bits per heavy atom. The lowest BCUT2D eigenvalue weighted by atomic mass is 10.1. The van der Waals surface area contributed by atoms with Crippen LogP contribution < -0.4 is 15.4 Å². The summed E-state index contributed by atoms with van der Waals surface area (Å²) in [5, 5.41) is 6.01. The second kappa shape index (κ2) is 12.0. The number of amides is 1. The number of rotatable bonds is 9. The number of anilines is 1. The standard InChI is InChI=1S/C22H27IN2O2S/c1-3-4-5-6-7-14-27-19-12-10-18(11-13-19)24-22(28)25-21(26)17-9-8-16(2)20(23)15-17/h8-13,15H,3-7,14H2,1-2H3,(H2,24,25,26,28). The highest BCUT2D eigenvalue weighted by atomic mass is 127. The maximum Gasteiger partial charge on any atom is 0.257 e. The van der Waals surface area contributed by atoms with E-state index < -0.39 is 0 Å². The minimum absolute atomic E-state index is 0.224. The molecule has 0 spiro atoms. The molecule has 2 aromatic rings. The fraction of sp³-hybridized carbons (Fsp3) is 0.364. The first kappa shape index (κ1) is 22.6. The van der Waals surface area contributed by atoms with Crippen LogP contribution in [-0.4, -0.2) is 17.6 Å². The molecule has 0 atom stereocenters. The molecule has 1 amide bonds. The van der Waals surface area contributed by atoms with Gasteiger partial charge in [0.15, 0.2) is 5.11 Å². The van der Waals surface area contributed by atoms with Crippen LogP contribution in [0.3, 0.4) is 0 Å². The summed E-state index contributed by atoms with van der Waals surface area (Å²) in [6, 6.07) is 13.2. The van der Waals surface area contributed by atoms with E-state index >= 15 is 0 Å². The number of carbonyl (C=O) groups is 1. The molecule has 2 aromatic carbocycles. The quantitative estimate of drug-likeness (QED) is 0.244. The number of carbonyl (C=O) groups excluding carboxylic acids is 1. The smallest absolute Gasteiger partial charge is 0.257 e. The van der Waals surface area contributed by atoms with Crippen LogP contribution in [0.5, 0.6) is 5.75 Å². The van der Waals surface area contributed by atoms with Crippen molar-refractivity contribution in [1.82, 2.24) is 5.32 Å². The average Bonchev–Trinajstić information content (AvgIpc) is 2.68. The van der Waals surface area contributed by atoms with E-state index in [4.69, 9.17) is 17.0 Å². The van der Waals surface area contributed by atoms with Gasteiger partial charge in [-0.05, 0) is 90.1 Å². The summed E-state index contributed by atoms with van der Waals surface area (Å²) in [4.78, 5) is 12.3. The number of benzene rings is 2. The third-order valence-corrected chi connectivity index (χ3v) is 5.66. The zero-order chi connectivity index (χ0) is 20.4. The topological polar surface area (TPSA) is 50.4 Å². The summed E-state index contributed by atoms with van der Waals surface area (Å²) >= 11 is 7.46. The molecule has 150 valence electrons. The highest BCUT2D eigenvalue weighted by Gasteiger charge is 2.09. The van der Waals surface area contributed by atoms with Gasteiger partial charge in [-0.3, -0.25) is 10.1 Å². The van der Waals surface area contributed by atoms with E-state index in [1.54, 1.807) is 6.07 Å². The number of ether oxygens (including phenoxy) is 1. The van der Waals surface area contributed by atoms with Crippen molar-refractivity contribution in [3.8, 4) is 5.75 Å². The maximum absolute atomic E-state index is 12.3. The van der Waals surface area contributed by atoms with Gasteiger partial charge in [0.2, 0.25) is 0 Å². The Kier molecular flexibility index (Phi) is 9.70. The van der Waals surface area contributed by atoms with Crippen molar-refractivity contribution in [2.75, 3.05) is 11.9 Å². The number of thiocarbonyl (C=S) groups is 1. The Morgan fingerprint density at radius 3 is 2.46 bits per heavy atom. The van der Waals surface area contributed by atoms with E-state index in [2.05, 4.69) is 40.1 Å². The molecule has 0 saturated carbocycles. The van der Waals surface area contributed by atoms with Crippen molar-refractivity contribution in [3.05, 3.63) is 57.2 Å². The van der Waals surface area contributed by atoms with Gasteiger partial charge in [-0.2, -0.15) is 0 Å². The normalized spacial score (nSPS) is 10.4. The van der Waals surface area contributed by atoms with Crippen LogP contribution in [0.1, 0.15) is 54.9 Å². The van der Waals surface area contributed by atoms with Crippen molar-refractivity contribution in [1.29, 1.82) is 0 Å². The second-order valence-corrected chi connectivity index (χ2v) is 8.23. The number of aryl methyl sites for hydroxylation is 1. The van der Waals surface area contributed by atoms with Crippen LogP contribution in [0.2, 0.25) is 0 Å². The fourth-order valence-corrected chi connectivity index (χ4v) is 3.33. The minimum atomic E-state index is -0.224. The SMILES string of the molecule is CCCCCCCOc1ccc(NC(=S)NC(=O)c2ccc(C)c(I)c2)cc1. The summed E-state index contributed by atoms with van der Waals surface area (Å²) in [7, 11) is 0. The summed E-state index contributed by atoms with van der Waals surface area (Å²) in [6.07, 6.45) is 6.10. The molecule has 0 fully saturated rings. The average molecular weight is 510 g/mol. The minimum Gasteiger partial charge on any atom is -0.494 e. The predicted molar refractivity (Wildman–Crippen MR) is 128 cm³/mol. The van der Waals surface area contributed by atoms with Gasteiger partial charge in [0, 0.05) is 14.8 Å². The highest BCUT2D eigenvalue weighted by Crippen LogP contribution is 2.17. The lowest BCUT2D eigenvalue weighted by Gasteiger charge is -2.11. The number of unbranched alkanes of at least 4 members (excludes halogenated alkanes) is 4. The van der Waals surface area contributed by atoms with Gasteiger partial charge in [-0.25, -0.2) is 0 Å². The molecule has 0 unspecified atom stereocenters. The Hall–Kier alpha value is -1.67. The van der Waals surface area contributed by atoms with E-state index in [1.807, 2.05) is 43.3 Å². The van der Waals surface area contributed by atoms with Crippen LogP contribution in [0.4, 0.5) is 5.69 Å². The van der Waals surface area contributed by atoms with E-state index in [0.717, 1.165) is 33.6 Å². The largest absolute Gasteiger partial charge is 0.494 e. The lowest BCUT2D eigenvalue weighted by molar-refractivity contribution is 0.0977. The Balaban J connectivity index is 1.77.